The van der Waals surface area contributed by atoms with E-state index in [4.69, 9.17) is 0 Å². The number of aromatic hydroxyl groups is 1. The Balaban J connectivity index is 2.56. The van der Waals surface area contributed by atoms with E-state index in [1.807, 2.05) is 37.8 Å². The van der Waals surface area contributed by atoms with Gasteiger partial charge in [-0.05, 0) is 54.4 Å². The summed E-state index contributed by atoms with van der Waals surface area (Å²) in [5.74, 6) is 0.332. The lowest BCUT2D eigenvalue weighted by molar-refractivity contribution is -0.132. The first-order valence-electron chi connectivity index (χ1n) is 6.49. The quantitative estimate of drug-likeness (QED) is 0.843. The van der Waals surface area contributed by atoms with Crippen LogP contribution in [0.4, 0.5) is 0 Å². The maximum Gasteiger partial charge on any atom is 0.239 e. The van der Waals surface area contributed by atoms with Crippen LogP contribution >= 0.6 is 15.9 Å². The molecule has 1 aromatic rings. The molecule has 0 bridgehead atoms. The molecule has 1 rings (SSSR count). The van der Waals surface area contributed by atoms with E-state index >= 15 is 0 Å². The Morgan fingerprint density at radius 2 is 2.05 bits per heavy atom. The normalized spacial score (nSPS) is 12.2. The topological polar surface area (TPSA) is 52.6 Å². The van der Waals surface area contributed by atoms with Crippen LogP contribution in [0.5, 0.6) is 5.75 Å². The van der Waals surface area contributed by atoms with Gasteiger partial charge in [-0.2, -0.15) is 0 Å². The number of nitrogens with zero attached hydrogens (tertiary/aromatic N) is 1. The molecule has 0 radical (unpaired) electrons. The lowest BCUT2D eigenvalue weighted by Crippen LogP contribution is -2.44. The van der Waals surface area contributed by atoms with Gasteiger partial charge in [-0.3, -0.25) is 4.79 Å². The molecule has 1 amide bonds. The van der Waals surface area contributed by atoms with E-state index in [0.717, 1.165) is 18.7 Å². The van der Waals surface area contributed by atoms with Gasteiger partial charge in [0.15, 0.2) is 0 Å². The van der Waals surface area contributed by atoms with Gasteiger partial charge in [0, 0.05) is 19.6 Å². The van der Waals surface area contributed by atoms with E-state index in [1.54, 1.807) is 6.07 Å². The Bertz CT molecular complexity index is 433. The fourth-order valence-electron chi connectivity index (χ4n) is 1.83. The molecular weight excluding hydrogens is 308 g/mol. The molecule has 1 aromatic carbocycles. The van der Waals surface area contributed by atoms with Crippen molar-refractivity contribution in [1.29, 1.82) is 0 Å². The van der Waals surface area contributed by atoms with Crippen molar-refractivity contribution >= 4 is 21.8 Å². The number of nitrogens with one attached hydrogen (secondary N) is 1. The van der Waals surface area contributed by atoms with E-state index in [2.05, 4.69) is 21.2 Å². The number of phenols is 1. The van der Waals surface area contributed by atoms with Gasteiger partial charge >= 0.3 is 0 Å². The zero-order chi connectivity index (χ0) is 14.4. The minimum absolute atomic E-state index is 0.114. The number of carbonyl (C=O) groups excluding carboxylic acids is 1. The molecule has 0 saturated carbocycles. The van der Waals surface area contributed by atoms with Crippen LogP contribution in [0, 0.1) is 0 Å². The SMILES string of the molecule is CCN(CC)C(=O)C(C)NCc1ccc(O)c(Br)c1. The third kappa shape index (κ3) is 4.51. The minimum Gasteiger partial charge on any atom is -0.507 e. The van der Waals surface area contributed by atoms with Gasteiger partial charge in [-0.15, -0.1) is 0 Å². The van der Waals surface area contributed by atoms with E-state index in [9.17, 15) is 9.90 Å². The highest BCUT2D eigenvalue weighted by Gasteiger charge is 2.17. The number of hydrogen-bond acceptors (Lipinski definition) is 3. The second kappa shape index (κ2) is 7.50. The smallest absolute Gasteiger partial charge is 0.239 e. The molecule has 0 aliphatic rings. The van der Waals surface area contributed by atoms with Gasteiger partial charge in [0.2, 0.25) is 5.91 Å². The molecule has 0 spiro atoms. The van der Waals surface area contributed by atoms with Crippen molar-refractivity contribution in [2.45, 2.75) is 33.4 Å². The highest BCUT2D eigenvalue weighted by atomic mass is 79.9. The second-order valence-corrected chi connectivity index (χ2v) is 5.25. The van der Waals surface area contributed by atoms with E-state index < -0.39 is 0 Å². The van der Waals surface area contributed by atoms with Crippen LogP contribution in [-0.4, -0.2) is 35.0 Å². The number of rotatable bonds is 6. The molecule has 5 heteroatoms. The number of benzene rings is 1. The average molecular weight is 329 g/mol. The van der Waals surface area contributed by atoms with Gasteiger partial charge in [0.1, 0.15) is 5.75 Å². The summed E-state index contributed by atoms with van der Waals surface area (Å²) in [5, 5.41) is 12.6. The number of hydrogen-bond donors (Lipinski definition) is 2. The molecule has 0 saturated heterocycles. The van der Waals surface area contributed by atoms with Crippen molar-refractivity contribution < 1.29 is 9.90 Å². The minimum atomic E-state index is -0.215. The summed E-state index contributed by atoms with van der Waals surface area (Å²) in [5.41, 5.74) is 1.02. The fraction of sp³-hybridized carbons (Fsp3) is 0.500. The maximum atomic E-state index is 12.1. The lowest BCUT2D eigenvalue weighted by atomic mass is 10.2. The molecule has 2 N–H and O–H groups in total. The Kier molecular flexibility index (Phi) is 6.31. The first kappa shape index (κ1) is 16.0. The Hall–Kier alpha value is -1.07. The highest BCUT2D eigenvalue weighted by molar-refractivity contribution is 9.10. The van der Waals surface area contributed by atoms with Crippen LogP contribution in [0.15, 0.2) is 22.7 Å². The number of phenolic OH excluding ortho intramolecular Hbond substituents is 1. The van der Waals surface area contributed by atoms with Crippen molar-refractivity contribution in [3.8, 4) is 5.75 Å². The van der Waals surface area contributed by atoms with Crippen molar-refractivity contribution in [3.05, 3.63) is 28.2 Å². The summed E-state index contributed by atoms with van der Waals surface area (Å²) in [4.78, 5) is 13.9. The molecule has 19 heavy (non-hydrogen) atoms. The van der Waals surface area contributed by atoms with Crippen LogP contribution < -0.4 is 5.32 Å². The fourth-order valence-corrected chi connectivity index (χ4v) is 2.25. The Labute approximate surface area is 122 Å². The van der Waals surface area contributed by atoms with Gasteiger partial charge in [-0.25, -0.2) is 0 Å². The molecule has 0 fully saturated rings. The molecule has 0 heterocycles. The summed E-state index contributed by atoms with van der Waals surface area (Å²) < 4.78 is 0.662. The lowest BCUT2D eigenvalue weighted by Gasteiger charge is -2.23. The van der Waals surface area contributed by atoms with Crippen molar-refractivity contribution in [3.63, 3.8) is 0 Å². The second-order valence-electron chi connectivity index (χ2n) is 4.40. The predicted molar refractivity (Wildman–Crippen MR) is 80.0 cm³/mol. The largest absolute Gasteiger partial charge is 0.507 e. The van der Waals surface area contributed by atoms with Crippen LogP contribution in [0.3, 0.4) is 0 Å². The summed E-state index contributed by atoms with van der Waals surface area (Å²) >= 11 is 3.27. The third-order valence-corrected chi connectivity index (χ3v) is 3.71. The molecule has 1 unspecified atom stereocenters. The van der Waals surface area contributed by atoms with Gasteiger partial charge in [0.25, 0.3) is 0 Å². The number of likely N-dealkylation sites (N-methyl/N-ethyl adjacent to an activating group) is 1. The highest BCUT2D eigenvalue weighted by Crippen LogP contribution is 2.24. The Morgan fingerprint density at radius 1 is 1.42 bits per heavy atom. The van der Waals surface area contributed by atoms with Crippen LogP contribution in [0.25, 0.3) is 0 Å². The van der Waals surface area contributed by atoms with Gasteiger partial charge in [-0.1, -0.05) is 6.07 Å². The summed E-state index contributed by atoms with van der Waals surface area (Å²) in [6.07, 6.45) is 0. The van der Waals surface area contributed by atoms with Crippen molar-refractivity contribution in [2.24, 2.45) is 0 Å². The maximum absolute atomic E-state index is 12.1. The van der Waals surface area contributed by atoms with Crippen LogP contribution in [0.2, 0.25) is 0 Å². The monoisotopic (exact) mass is 328 g/mol. The van der Waals surface area contributed by atoms with Gasteiger partial charge < -0.3 is 15.3 Å². The zero-order valence-corrected chi connectivity index (χ0v) is 13.2. The van der Waals surface area contributed by atoms with E-state index in [-0.39, 0.29) is 17.7 Å². The third-order valence-electron chi connectivity index (χ3n) is 3.07. The van der Waals surface area contributed by atoms with E-state index in [1.165, 1.54) is 0 Å². The number of halogens is 1. The molecule has 0 aliphatic carbocycles. The molecular formula is C14H21BrN2O2. The molecule has 0 aromatic heterocycles. The number of carbonyl (C=O) groups is 1. The zero-order valence-electron chi connectivity index (χ0n) is 11.6. The van der Waals surface area contributed by atoms with Crippen molar-refractivity contribution in [2.75, 3.05) is 13.1 Å². The summed E-state index contributed by atoms with van der Waals surface area (Å²) in [6.45, 7) is 7.87. The van der Waals surface area contributed by atoms with Crippen LogP contribution in [-0.2, 0) is 11.3 Å². The molecule has 106 valence electrons. The van der Waals surface area contributed by atoms with E-state index in [0.29, 0.717) is 11.0 Å². The molecule has 1 atom stereocenters. The predicted octanol–water partition coefficient (Wildman–Crippen LogP) is 2.50. The summed E-state index contributed by atoms with van der Waals surface area (Å²) in [7, 11) is 0. The van der Waals surface area contributed by atoms with Gasteiger partial charge in [0.05, 0.1) is 10.5 Å². The molecule has 4 nitrogen and oxygen atoms in total. The molecule has 0 aliphatic heterocycles. The number of amides is 1. The average Bonchev–Trinajstić information content (AvgIpc) is 2.41. The standard InChI is InChI=1S/C14H21BrN2O2/c1-4-17(5-2)14(19)10(3)16-9-11-6-7-13(18)12(15)8-11/h6-8,10,16,18H,4-5,9H2,1-3H3. The Morgan fingerprint density at radius 3 is 2.58 bits per heavy atom. The first-order chi connectivity index (χ1) is 8.99. The van der Waals surface area contributed by atoms with Crippen molar-refractivity contribution in [1.82, 2.24) is 10.2 Å². The van der Waals surface area contributed by atoms with Crippen LogP contribution in [0.1, 0.15) is 26.3 Å². The first-order valence-corrected chi connectivity index (χ1v) is 7.28. The summed E-state index contributed by atoms with van der Waals surface area (Å²) in [6, 6.07) is 5.10.